The van der Waals surface area contributed by atoms with Gasteiger partial charge in [0.05, 0.1) is 14.2 Å². The zero-order valence-electron chi connectivity index (χ0n) is 17.1. The van der Waals surface area contributed by atoms with Gasteiger partial charge in [0, 0.05) is 11.7 Å². The lowest BCUT2D eigenvalue weighted by molar-refractivity contribution is 0.103. The zero-order chi connectivity index (χ0) is 20.9. The van der Waals surface area contributed by atoms with Crippen LogP contribution in [0.15, 0.2) is 36.4 Å². The van der Waals surface area contributed by atoms with Crippen molar-refractivity contribution in [3.8, 4) is 11.5 Å². The highest BCUT2D eigenvalue weighted by atomic mass is 31.2. The fourth-order valence-electron chi connectivity index (χ4n) is 3.25. The standard InChI is InChI=1S/C22H27O5P/c1-6-7-14-28(25,21(23)19-15(2)10-8-11-16(19)3)22(24)20-17(26-4)12-9-13-18(20)27-5/h8-13H,6-7,14H2,1-5H3. The second-order valence-electron chi connectivity index (χ2n) is 6.73. The molecular weight excluding hydrogens is 375 g/mol. The molecule has 0 spiro atoms. The monoisotopic (exact) mass is 402 g/mol. The Morgan fingerprint density at radius 2 is 1.32 bits per heavy atom. The van der Waals surface area contributed by atoms with Gasteiger partial charge in [0.15, 0.2) is 0 Å². The molecule has 150 valence electrons. The Morgan fingerprint density at radius 1 is 0.857 bits per heavy atom. The summed E-state index contributed by atoms with van der Waals surface area (Å²) < 4.78 is 24.6. The van der Waals surface area contributed by atoms with Crippen LogP contribution >= 0.6 is 7.14 Å². The molecule has 0 N–H and O–H groups in total. The molecule has 6 heteroatoms. The molecule has 0 saturated heterocycles. The van der Waals surface area contributed by atoms with Gasteiger partial charge in [0.25, 0.3) is 0 Å². The first kappa shape index (κ1) is 21.9. The molecule has 2 aromatic carbocycles. The Balaban J connectivity index is 2.68. The molecule has 1 atom stereocenters. The zero-order valence-corrected chi connectivity index (χ0v) is 18.0. The van der Waals surface area contributed by atoms with E-state index in [4.69, 9.17) is 9.47 Å². The molecule has 5 nitrogen and oxygen atoms in total. The fraction of sp³-hybridized carbons (Fsp3) is 0.364. The highest BCUT2D eigenvalue weighted by molar-refractivity contribution is 7.95. The second kappa shape index (κ2) is 9.20. The number of ether oxygens (including phenoxy) is 2. The molecule has 0 aliphatic carbocycles. The lowest BCUT2D eigenvalue weighted by atomic mass is 10.0. The third-order valence-electron chi connectivity index (χ3n) is 4.82. The first-order valence-electron chi connectivity index (χ1n) is 9.27. The number of unbranched alkanes of at least 4 members (excludes halogenated alkanes) is 1. The molecule has 2 aromatic rings. The topological polar surface area (TPSA) is 69.7 Å². The van der Waals surface area contributed by atoms with Crippen molar-refractivity contribution < 1.29 is 23.6 Å². The van der Waals surface area contributed by atoms with Crippen LogP contribution in [0, 0.1) is 13.8 Å². The number of rotatable bonds is 9. The van der Waals surface area contributed by atoms with Crippen LogP contribution in [0.25, 0.3) is 0 Å². The van der Waals surface area contributed by atoms with E-state index in [-0.39, 0.29) is 23.2 Å². The number of carbonyl (C=O) groups is 2. The highest BCUT2D eigenvalue weighted by Gasteiger charge is 2.43. The molecule has 28 heavy (non-hydrogen) atoms. The average Bonchev–Trinajstić information content (AvgIpc) is 2.70. The van der Waals surface area contributed by atoms with Crippen molar-refractivity contribution in [1.29, 1.82) is 0 Å². The van der Waals surface area contributed by atoms with Gasteiger partial charge in [-0.05, 0) is 43.5 Å². The van der Waals surface area contributed by atoms with Crippen LogP contribution in [0.5, 0.6) is 11.5 Å². The molecule has 0 heterocycles. The van der Waals surface area contributed by atoms with Gasteiger partial charge < -0.3 is 14.0 Å². The Morgan fingerprint density at radius 3 is 1.79 bits per heavy atom. The van der Waals surface area contributed by atoms with E-state index in [2.05, 4.69) is 0 Å². The summed E-state index contributed by atoms with van der Waals surface area (Å²) >= 11 is 0. The lowest BCUT2D eigenvalue weighted by Crippen LogP contribution is -2.17. The lowest BCUT2D eigenvalue weighted by Gasteiger charge is -2.20. The highest BCUT2D eigenvalue weighted by Crippen LogP contribution is 2.55. The van der Waals surface area contributed by atoms with E-state index in [1.807, 2.05) is 13.0 Å². The van der Waals surface area contributed by atoms with E-state index < -0.39 is 18.2 Å². The smallest absolute Gasteiger partial charge is 0.236 e. The summed E-state index contributed by atoms with van der Waals surface area (Å²) in [6.45, 7) is 5.51. The number of aryl methyl sites for hydroxylation is 2. The molecule has 0 aromatic heterocycles. The number of carbonyl (C=O) groups excluding carboxylic acids is 2. The van der Waals surface area contributed by atoms with Gasteiger partial charge in [-0.15, -0.1) is 0 Å². The predicted molar refractivity (Wildman–Crippen MR) is 112 cm³/mol. The van der Waals surface area contributed by atoms with Crippen LogP contribution in [0.4, 0.5) is 0 Å². The maximum atomic E-state index is 14.0. The van der Waals surface area contributed by atoms with Gasteiger partial charge in [-0.3, -0.25) is 9.59 Å². The van der Waals surface area contributed by atoms with Crippen LogP contribution in [-0.4, -0.2) is 31.4 Å². The Kier molecular flexibility index (Phi) is 7.20. The Labute approximate surface area is 166 Å². The Hall–Kier alpha value is -2.39. The minimum Gasteiger partial charge on any atom is -0.496 e. The van der Waals surface area contributed by atoms with Crippen LogP contribution in [0.3, 0.4) is 0 Å². The minimum atomic E-state index is -3.93. The summed E-state index contributed by atoms with van der Waals surface area (Å²) in [5.41, 5.74) is 0.552. The SMILES string of the molecule is CCCCP(=O)(C(=O)c1c(C)cccc1C)C(=O)c1c(OC)cccc1OC. The fourth-order valence-corrected chi connectivity index (χ4v) is 5.90. The maximum absolute atomic E-state index is 14.0. The van der Waals surface area contributed by atoms with Gasteiger partial charge in [-0.2, -0.15) is 0 Å². The molecule has 0 aliphatic rings. The maximum Gasteiger partial charge on any atom is 0.236 e. The molecule has 0 aliphatic heterocycles. The molecule has 0 radical (unpaired) electrons. The quantitative estimate of drug-likeness (QED) is 0.521. The third kappa shape index (κ3) is 4.05. The van der Waals surface area contributed by atoms with Crippen molar-refractivity contribution in [3.63, 3.8) is 0 Å². The van der Waals surface area contributed by atoms with E-state index >= 15 is 0 Å². The van der Waals surface area contributed by atoms with Crippen molar-refractivity contribution in [2.75, 3.05) is 20.4 Å². The molecule has 2 rings (SSSR count). The average molecular weight is 402 g/mol. The predicted octanol–water partition coefficient (Wildman–Crippen LogP) is 5.46. The minimum absolute atomic E-state index is 0.0240. The summed E-state index contributed by atoms with van der Waals surface area (Å²) in [5, 5.41) is 0. The van der Waals surface area contributed by atoms with Crippen LogP contribution in [0.1, 0.15) is 51.6 Å². The Bertz CT molecular complexity index is 890. The number of hydrogen-bond donors (Lipinski definition) is 0. The molecule has 0 bridgehead atoms. The van der Waals surface area contributed by atoms with Crippen molar-refractivity contribution >= 4 is 18.2 Å². The summed E-state index contributed by atoms with van der Waals surface area (Å²) in [4.78, 5) is 27.0. The van der Waals surface area contributed by atoms with Gasteiger partial charge in [0.2, 0.25) is 18.2 Å². The van der Waals surface area contributed by atoms with Crippen molar-refractivity contribution in [1.82, 2.24) is 0 Å². The van der Waals surface area contributed by atoms with Gasteiger partial charge >= 0.3 is 0 Å². The van der Waals surface area contributed by atoms with Gasteiger partial charge in [-0.25, -0.2) is 0 Å². The summed E-state index contributed by atoms with van der Waals surface area (Å²) in [6.07, 6.45) is 1.26. The largest absolute Gasteiger partial charge is 0.496 e. The molecule has 0 amide bonds. The van der Waals surface area contributed by atoms with Crippen LogP contribution in [-0.2, 0) is 4.57 Å². The van der Waals surface area contributed by atoms with Crippen LogP contribution in [0.2, 0.25) is 0 Å². The number of hydrogen-bond acceptors (Lipinski definition) is 5. The van der Waals surface area contributed by atoms with E-state index in [0.717, 1.165) is 6.42 Å². The van der Waals surface area contributed by atoms with Crippen LogP contribution < -0.4 is 9.47 Å². The molecule has 1 unspecified atom stereocenters. The van der Waals surface area contributed by atoms with Crippen molar-refractivity contribution in [2.24, 2.45) is 0 Å². The third-order valence-corrected chi connectivity index (χ3v) is 7.52. The van der Waals surface area contributed by atoms with E-state index in [1.54, 1.807) is 44.2 Å². The molecular formula is C22H27O5P. The molecule has 0 saturated carbocycles. The first-order chi connectivity index (χ1) is 13.3. The molecule has 0 fully saturated rings. The summed E-state index contributed by atoms with van der Waals surface area (Å²) in [5.74, 6) is 0.491. The van der Waals surface area contributed by atoms with E-state index in [1.165, 1.54) is 14.2 Å². The van der Waals surface area contributed by atoms with E-state index in [0.29, 0.717) is 23.1 Å². The van der Waals surface area contributed by atoms with Crippen molar-refractivity contribution in [3.05, 3.63) is 58.7 Å². The van der Waals surface area contributed by atoms with Gasteiger partial charge in [0.1, 0.15) is 17.1 Å². The number of methoxy groups -OCH3 is 2. The first-order valence-corrected chi connectivity index (χ1v) is 11.2. The summed E-state index contributed by atoms with van der Waals surface area (Å²) in [6, 6.07) is 10.3. The van der Waals surface area contributed by atoms with Crippen molar-refractivity contribution in [2.45, 2.75) is 33.6 Å². The van der Waals surface area contributed by atoms with Gasteiger partial charge in [-0.1, -0.05) is 37.6 Å². The summed E-state index contributed by atoms with van der Waals surface area (Å²) in [7, 11) is -1.08. The normalized spacial score (nSPS) is 12.9. The number of benzene rings is 2. The van der Waals surface area contributed by atoms with E-state index in [9.17, 15) is 14.2 Å². The second-order valence-corrected chi connectivity index (χ2v) is 9.47.